The van der Waals surface area contributed by atoms with Crippen LogP contribution >= 0.6 is 23.8 Å². The molecule has 0 aliphatic rings. The van der Waals surface area contributed by atoms with Gasteiger partial charge in [0.15, 0.2) is 0 Å². The van der Waals surface area contributed by atoms with Crippen molar-refractivity contribution in [3.8, 4) is 5.75 Å². The van der Waals surface area contributed by atoms with Gasteiger partial charge in [-0.15, -0.1) is 0 Å². The second-order valence-corrected chi connectivity index (χ2v) is 5.01. The number of nitrogens with one attached hydrogen (secondary N) is 1. The molecule has 104 valence electrons. The van der Waals surface area contributed by atoms with Crippen LogP contribution in [-0.4, -0.2) is 11.6 Å². The van der Waals surface area contributed by atoms with Crippen molar-refractivity contribution in [1.82, 2.24) is 0 Å². The predicted molar refractivity (Wildman–Crippen MR) is 88.2 cm³/mol. The number of hydrogen-bond donors (Lipinski definition) is 2. The van der Waals surface area contributed by atoms with Crippen LogP contribution in [0.4, 0.5) is 11.4 Å². The summed E-state index contributed by atoms with van der Waals surface area (Å²) in [4.78, 5) is 0.329. The third kappa shape index (κ3) is 3.62. The van der Waals surface area contributed by atoms with Crippen LogP contribution in [0.1, 0.15) is 12.5 Å². The van der Waals surface area contributed by atoms with Crippen LogP contribution in [0.2, 0.25) is 5.02 Å². The number of benzene rings is 2. The summed E-state index contributed by atoms with van der Waals surface area (Å²) in [6.45, 7) is 2.60. The highest BCUT2D eigenvalue weighted by Crippen LogP contribution is 2.26. The van der Waals surface area contributed by atoms with Gasteiger partial charge in [-0.05, 0) is 49.4 Å². The molecule has 3 nitrogen and oxygen atoms in total. The summed E-state index contributed by atoms with van der Waals surface area (Å²) in [6, 6.07) is 13.0. The van der Waals surface area contributed by atoms with E-state index in [0.29, 0.717) is 16.6 Å². The van der Waals surface area contributed by atoms with Crippen molar-refractivity contribution in [2.45, 2.75) is 6.92 Å². The largest absolute Gasteiger partial charge is 0.494 e. The zero-order valence-corrected chi connectivity index (χ0v) is 12.6. The molecule has 0 radical (unpaired) electrons. The summed E-state index contributed by atoms with van der Waals surface area (Å²) in [7, 11) is 0. The average molecular weight is 307 g/mol. The van der Waals surface area contributed by atoms with Gasteiger partial charge in [-0.25, -0.2) is 0 Å². The molecule has 2 aromatic rings. The Bertz CT molecular complexity index is 614. The van der Waals surface area contributed by atoms with E-state index in [9.17, 15) is 0 Å². The van der Waals surface area contributed by atoms with Gasteiger partial charge in [0.25, 0.3) is 0 Å². The molecule has 0 saturated heterocycles. The lowest BCUT2D eigenvalue weighted by molar-refractivity contribution is 0.340. The molecule has 0 unspecified atom stereocenters. The first-order chi connectivity index (χ1) is 9.60. The lowest BCUT2D eigenvalue weighted by atomic mass is 10.1. The first-order valence-electron chi connectivity index (χ1n) is 6.19. The molecule has 20 heavy (non-hydrogen) atoms. The van der Waals surface area contributed by atoms with Gasteiger partial charge in [0.1, 0.15) is 10.7 Å². The Morgan fingerprint density at radius 2 is 1.95 bits per heavy atom. The van der Waals surface area contributed by atoms with Crippen LogP contribution in [0.3, 0.4) is 0 Å². The zero-order chi connectivity index (χ0) is 14.5. The summed E-state index contributed by atoms with van der Waals surface area (Å²) >= 11 is 11.0. The molecule has 0 bridgehead atoms. The molecule has 0 fully saturated rings. The standard InChI is InChI=1S/C15H15ClN2OS/c1-2-19-12-6-4-11(5-7-12)18-14-9-10(16)3-8-13(14)15(17)20/h3-9,18H,2H2,1H3,(H2,17,20). The highest BCUT2D eigenvalue weighted by Gasteiger charge is 2.06. The van der Waals surface area contributed by atoms with E-state index >= 15 is 0 Å². The van der Waals surface area contributed by atoms with Gasteiger partial charge in [0.2, 0.25) is 0 Å². The molecule has 5 heteroatoms. The van der Waals surface area contributed by atoms with Crippen LogP contribution in [0.5, 0.6) is 5.75 Å². The smallest absolute Gasteiger partial charge is 0.119 e. The average Bonchev–Trinajstić information content (AvgIpc) is 2.41. The molecule has 0 aliphatic heterocycles. The molecule has 0 heterocycles. The summed E-state index contributed by atoms with van der Waals surface area (Å²) in [5.41, 5.74) is 8.17. The zero-order valence-electron chi connectivity index (χ0n) is 11.0. The number of thiocarbonyl (C=S) groups is 1. The van der Waals surface area contributed by atoms with E-state index in [0.717, 1.165) is 22.7 Å². The number of nitrogens with two attached hydrogens (primary N) is 1. The molecular formula is C15H15ClN2OS. The van der Waals surface area contributed by atoms with Gasteiger partial charge in [-0.3, -0.25) is 0 Å². The quantitative estimate of drug-likeness (QED) is 0.816. The van der Waals surface area contributed by atoms with Crippen LogP contribution in [0.15, 0.2) is 42.5 Å². The fraction of sp³-hybridized carbons (Fsp3) is 0.133. The second kappa shape index (κ2) is 6.59. The molecule has 2 rings (SSSR count). The van der Waals surface area contributed by atoms with Crippen molar-refractivity contribution < 1.29 is 4.74 Å². The summed E-state index contributed by atoms with van der Waals surface area (Å²) in [6.07, 6.45) is 0. The molecule has 0 aliphatic carbocycles. The lowest BCUT2D eigenvalue weighted by Crippen LogP contribution is -2.11. The van der Waals surface area contributed by atoms with E-state index in [1.807, 2.05) is 37.3 Å². The number of hydrogen-bond acceptors (Lipinski definition) is 3. The summed E-state index contributed by atoms with van der Waals surface area (Å²) in [5.74, 6) is 0.832. The Morgan fingerprint density at radius 3 is 2.55 bits per heavy atom. The molecule has 2 aromatic carbocycles. The normalized spacial score (nSPS) is 10.1. The first kappa shape index (κ1) is 14.6. The Balaban J connectivity index is 2.25. The number of anilines is 2. The Kier molecular flexibility index (Phi) is 4.82. The van der Waals surface area contributed by atoms with Gasteiger partial charge in [0, 0.05) is 16.3 Å². The van der Waals surface area contributed by atoms with Crippen LogP contribution in [-0.2, 0) is 0 Å². The number of halogens is 1. The fourth-order valence-corrected chi connectivity index (χ4v) is 2.14. The van der Waals surface area contributed by atoms with E-state index in [4.69, 9.17) is 34.3 Å². The summed E-state index contributed by atoms with van der Waals surface area (Å²) in [5, 5.41) is 3.88. The molecule has 0 atom stereocenters. The van der Waals surface area contributed by atoms with E-state index in [-0.39, 0.29) is 0 Å². The van der Waals surface area contributed by atoms with Crippen molar-refractivity contribution >= 4 is 40.2 Å². The van der Waals surface area contributed by atoms with Crippen molar-refractivity contribution in [3.63, 3.8) is 0 Å². The van der Waals surface area contributed by atoms with E-state index in [1.54, 1.807) is 12.1 Å². The van der Waals surface area contributed by atoms with E-state index in [2.05, 4.69) is 5.32 Å². The summed E-state index contributed by atoms with van der Waals surface area (Å²) < 4.78 is 5.40. The van der Waals surface area contributed by atoms with Crippen molar-refractivity contribution in [1.29, 1.82) is 0 Å². The maximum Gasteiger partial charge on any atom is 0.119 e. The number of ether oxygens (including phenoxy) is 1. The third-order valence-corrected chi connectivity index (χ3v) is 3.15. The maximum atomic E-state index is 6.01. The van der Waals surface area contributed by atoms with Crippen molar-refractivity contribution in [2.75, 3.05) is 11.9 Å². The topological polar surface area (TPSA) is 47.3 Å². The molecule has 3 N–H and O–H groups in total. The van der Waals surface area contributed by atoms with Gasteiger partial charge in [-0.1, -0.05) is 23.8 Å². The highest BCUT2D eigenvalue weighted by atomic mass is 35.5. The predicted octanol–water partition coefficient (Wildman–Crippen LogP) is 4.12. The van der Waals surface area contributed by atoms with Gasteiger partial charge in [-0.2, -0.15) is 0 Å². The highest BCUT2D eigenvalue weighted by molar-refractivity contribution is 7.80. The van der Waals surface area contributed by atoms with E-state index in [1.165, 1.54) is 0 Å². The van der Waals surface area contributed by atoms with Crippen LogP contribution < -0.4 is 15.8 Å². The molecule has 0 aromatic heterocycles. The first-order valence-corrected chi connectivity index (χ1v) is 6.98. The molecular weight excluding hydrogens is 292 g/mol. The van der Waals surface area contributed by atoms with Gasteiger partial charge >= 0.3 is 0 Å². The molecule has 0 amide bonds. The van der Waals surface area contributed by atoms with Crippen LogP contribution in [0, 0.1) is 0 Å². The third-order valence-electron chi connectivity index (χ3n) is 2.69. The van der Waals surface area contributed by atoms with Gasteiger partial charge in [0.05, 0.1) is 12.3 Å². The Morgan fingerprint density at radius 1 is 1.25 bits per heavy atom. The maximum absolute atomic E-state index is 6.01. The lowest BCUT2D eigenvalue weighted by Gasteiger charge is -2.12. The Labute approximate surface area is 128 Å². The van der Waals surface area contributed by atoms with Crippen molar-refractivity contribution in [2.24, 2.45) is 5.73 Å². The van der Waals surface area contributed by atoms with Crippen LogP contribution in [0.25, 0.3) is 0 Å². The van der Waals surface area contributed by atoms with Gasteiger partial charge < -0.3 is 15.8 Å². The minimum absolute atomic E-state index is 0.329. The molecule has 0 saturated carbocycles. The monoisotopic (exact) mass is 306 g/mol. The molecule has 0 spiro atoms. The fourth-order valence-electron chi connectivity index (χ4n) is 1.79. The SMILES string of the molecule is CCOc1ccc(Nc2cc(Cl)ccc2C(N)=S)cc1. The second-order valence-electron chi connectivity index (χ2n) is 4.14. The van der Waals surface area contributed by atoms with Crippen molar-refractivity contribution in [3.05, 3.63) is 53.1 Å². The van der Waals surface area contributed by atoms with E-state index < -0.39 is 0 Å². The number of rotatable bonds is 5. The minimum atomic E-state index is 0.329. The Hall–Kier alpha value is -1.78. The minimum Gasteiger partial charge on any atom is -0.494 e.